The van der Waals surface area contributed by atoms with Gasteiger partial charge in [0.05, 0.1) is 26.9 Å². The number of nitrogen functional groups attached to an aromatic ring is 1. The molecular weight excluding hydrogens is 507 g/mol. The minimum atomic E-state index is -5.91. The lowest BCUT2D eigenvalue weighted by molar-refractivity contribution is -0.337. The molecule has 3 heterocycles. The van der Waals surface area contributed by atoms with Crippen LogP contribution in [0.25, 0.3) is 11.2 Å². The third kappa shape index (κ3) is 6.24. The van der Waals surface area contributed by atoms with Crippen LogP contribution in [0.5, 0.6) is 0 Å². The largest absolute Gasteiger partial charge is 0.790 e. The molecule has 5 unspecified atom stereocenters. The first-order valence-corrected chi connectivity index (χ1v) is 13.4. The van der Waals surface area contributed by atoms with E-state index in [1.807, 2.05) is 0 Å². The Morgan fingerprint density at radius 3 is 2.68 bits per heavy atom. The molecule has 0 amide bonds. The Hall–Kier alpha value is -1.10. The van der Waals surface area contributed by atoms with Gasteiger partial charge in [-0.1, -0.05) is 11.8 Å². The summed E-state index contributed by atoms with van der Waals surface area (Å²) in [5.41, 5.74) is 4.87. The van der Waals surface area contributed by atoms with E-state index in [9.17, 15) is 38.6 Å². The minimum absolute atomic E-state index is 0.0432. The number of aromatic amines is 1. The number of anilines is 1. The van der Waals surface area contributed by atoms with Crippen LogP contribution in [-0.4, -0.2) is 43.4 Å². The van der Waals surface area contributed by atoms with Gasteiger partial charge in [-0.3, -0.25) is 23.2 Å². The van der Waals surface area contributed by atoms with E-state index in [-0.39, 0.29) is 23.5 Å². The van der Waals surface area contributed by atoms with Gasteiger partial charge < -0.3 is 48.6 Å². The summed E-state index contributed by atoms with van der Waals surface area (Å²) in [6.45, 7) is -6.15. The first-order chi connectivity index (χ1) is 14.2. The van der Waals surface area contributed by atoms with Crippen molar-refractivity contribution in [2.24, 2.45) is 0 Å². The van der Waals surface area contributed by atoms with Crippen molar-refractivity contribution in [1.29, 1.82) is 0 Å². The van der Waals surface area contributed by atoms with Crippen molar-refractivity contribution in [2.75, 3.05) is 12.3 Å². The maximum Gasteiger partial charge on any atom is 0.280 e. The van der Waals surface area contributed by atoms with E-state index in [1.54, 1.807) is 0 Å². The molecule has 2 aromatic heterocycles. The zero-order chi connectivity index (χ0) is 23.2. The molecule has 174 valence electrons. The molecule has 21 heteroatoms. The highest BCUT2D eigenvalue weighted by Gasteiger charge is 2.37. The van der Waals surface area contributed by atoms with Crippen molar-refractivity contribution < 1.29 is 51.7 Å². The maximum atomic E-state index is 11.8. The Bertz CT molecular complexity index is 1180. The van der Waals surface area contributed by atoms with Gasteiger partial charge in [-0.25, -0.2) is 4.98 Å². The fraction of sp³-hybridized carbons (Fsp3) is 0.500. The van der Waals surface area contributed by atoms with Crippen molar-refractivity contribution in [2.45, 2.75) is 24.9 Å². The molecule has 4 N–H and O–H groups in total. The van der Waals surface area contributed by atoms with Crippen LogP contribution < -0.4 is 30.9 Å². The Morgan fingerprint density at radius 1 is 1.35 bits per heavy atom. The van der Waals surface area contributed by atoms with Crippen LogP contribution >= 0.6 is 22.4 Å². The van der Waals surface area contributed by atoms with Crippen LogP contribution in [0.15, 0.2) is 11.1 Å². The van der Waals surface area contributed by atoms with E-state index in [2.05, 4.69) is 39.9 Å². The Kier molecular flexibility index (Phi) is 6.87. The fourth-order valence-corrected chi connectivity index (χ4v) is 6.97. The minimum Gasteiger partial charge on any atom is -0.790 e. The second kappa shape index (κ2) is 8.68. The predicted molar refractivity (Wildman–Crippen MR) is 94.7 cm³/mol. The topological polar surface area (TPSA) is 273 Å². The van der Waals surface area contributed by atoms with E-state index in [1.165, 1.54) is 10.9 Å². The fourth-order valence-electron chi connectivity index (χ4n) is 2.64. The zero-order valence-corrected chi connectivity index (χ0v) is 18.3. The molecule has 31 heavy (non-hydrogen) atoms. The van der Waals surface area contributed by atoms with Crippen LogP contribution in [0.2, 0.25) is 0 Å². The van der Waals surface area contributed by atoms with E-state index in [4.69, 9.17) is 10.5 Å². The van der Waals surface area contributed by atoms with E-state index < -0.39 is 53.0 Å². The standard InChI is InChI=1S/C10H16N5O12P3S/c11-10-13-8-7(9(17)14-10)12-3-15(8)6-1-4(16)5(25-6)2-24-29(21,22)27-30(23,31)26-28(18,19)20/h3-6,16H,1-2H2,(H,21,22)(H,23,31)(H2,18,19,20)(H3,11,13,14,17)/p-4. The number of hydrogen-bond acceptors (Lipinski definition) is 16. The number of nitrogens with two attached hydrogens (primary N) is 1. The Morgan fingerprint density at radius 2 is 2.03 bits per heavy atom. The van der Waals surface area contributed by atoms with Crippen molar-refractivity contribution in [3.8, 4) is 0 Å². The van der Waals surface area contributed by atoms with Gasteiger partial charge >= 0.3 is 0 Å². The smallest absolute Gasteiger partial charge is 0.280 e. The number of nitrogens with one attached hydrogen (secondary N) is 1. The molecule has 0 aromatic carbocycles. The summed E-state index contributed by atoms with van der Waals surface area (Å²) in [6.07, 6.45) is -2.41. The van der Waals surface area contributed by atoms with E-state index in [0.29, 0.717) is 0 Å². The normalized spacial score (nSPS) is 26.0. The number of hydrogen-bond donors (Lipinski definition) is 3. The molecule has 1 aliphatic heterocycles. The summed E-state index contributed by atoms with van der Waals surface area (Å²) in [5, 5.41) is 10.1. The highest BCUT2D eigenvalue weighted by Crippen LogP contribution is 2.60. The van der Waals surface area contributed by atoms with E-state index >= 15 is 0 Å². The molecule has 1 fully saturated rings. The number of fused-ring (bicyclic) bond motifs is 1. The summed E-state index contributed by atoms with van der Waals surface area (Å²) >= 11 is 4.00. The number of aliphatic hydroxyl groups is 1. The number of ether oxygens (including phenoxy) is 1. The Labute approximate surface area is 176 Å². The van der Waals surface area contributed by atoms with Gasteiger partial charge in [0.1, 0.15) is 19.1 Å². The zero-order valence-electron chi connectivity index (χ0n) is 14.8. The lowest BCUT2D eigenvalue weighted by atomic mass is 10.2. The molecule has 1 aliphatic rings. The van der Waals surface area contributed by atoms with Gasteiger partial charge in [0, 0.05) is 6.42 Å². The third-order valence-corrected chi connectivity index (χ3v) is 8.63. The quantitative estimate of drug-likeness (QED) is 0.283. The SMILES string of the molecule is Nc1nc2c(ncn2C2CC(O)C(COP(=O)([O-])OP([O-])(=S)OP(=O)([O-])[O-])O2)c(=O)[nH]1. The molecule has 2 aromatic rings. The molecule has 0 aliphatic carbocycles. The molecular formula is C10H12N5O12P3S-4. The summed E-state index contributed by atoms with van der Waals surface area (Å²) in [5.74, 6) is -0.196. The highest BCUT2D eigenvalue weighted by molar-refractivity contribution is 8.09. The Balaban J connectivity index is 1.67. The number of rotatable bonds is 8. The van der Waals surface area contributed by atoms with Crippen molar-refractivity contribution in [3.63, 3.8) is 0 Å². The molecule has 0 bridgehead atoms. The highest BCUT2D eigenvalue weighted by atomic mass is 32.5. The van der Waals surface area contributed by atoms with Gasteiger partial charge in [-0.05, 0) is 0 Å². The van der Waals surface area contributed by atoms with Crippen LogP contribution in [0.3, 0.4) is 0 Å². The predicted octanol–water partition coefficient (Wildman–Crippen LogP) is -3.72. The van der Waals surface area contributed by atoms with Crippen LogP contribution in [-0.2, 0) is 38.8 Å². The average molecular weight is 519 g/mol. The number of phosphoric ester groups is 1. The monoisotopic (exact) mass is 519 g/mol. The molecule has 3 rings (SSSR count). The molecule has 5 atom stereocenters. The lowest BCUT2D eigenvalue weighted by Gasteiger charge is -2.40. The average Bonchev–Trinajstić information content (AvgIpc) is 3.13. The van der Waals surface area contributed by atoms with Gasteiger partial charge in [-0.15, -0.1) is 0 Å². The number of aliphatic hydroxyl groups excluding tert-OH is 1. The summed E-state index contributed by atoms with van der Waals surface area (Å²) in [6, 6.07) is 0. The molecule has 0 saturated carbocycles. The number of nitrogens with zero attached hydrogens (tertiary/aromatic N) is 3. The summed E-state index contributed by atoms with van der Waals surface area (Å²) in [4.78, 5) is 66.0. The van der Waals surface area contributed by atoms with Crippen LogP contribution in [0, 0.1) is 0 Å². The number of phosphoric acid groups is 2. The van der Waals surface area contributed by atoms with E-state index in [0.717, 1.165) is 0 Å². The van der Waals surface area contributed by atoms with Gasteiger partial charge in [0.25, 0.3) is 13.4 Å². The van der Waals surface area contributed by atoms with Gasteiger partial charge in [0.2, 0.25) is 5.95 Å². The first kappa shape index (κ1) is 24.5. The van der Waals surface area contributed by atoms with Gasteiger partial charge in [0.15, 0.2) is 11.2 Å². The van der Waals surface area contributed by atoms with Crippen LogP contribution in [0.1, 0.15) is 12.6 Å². The molecule has 0 radical (unpaired) electrons. The van der Waals surface area contributed by atoms with Crippen LogP contribution in [0.4, 0.5) is 5.95 Å². The number of H-pyrrole nitrogens is 1. The number of imidazole rings is 1. The first-order valence-electron chi connectivity index (χ1n) is 7.93. The van der Waals surface area contributed by atoms with Crippen molar-refractivity contribution in [1.82, 2.24) is 19.5 Å². The lowest BCUT2D eigenvalue weighted by Crippen LogP contribution is -2.27. The molecule has 1 saturated heterocycles. The summed E-state index contributed by atoms with van der Waals surface area (Å²) < 4.78 is 40.5. The molecule has 0 spiro atoms. The molecule has 17 nitrogen and oxygen atoms in total. The van der Waals surface area contributed by atoms with Crippen molar-refractivity contribution in [3.05, 3.63) is 16.7 Å². The van der Waals surface area contributed by atoms with Crippen molar-refractivity contribution >= 4 is 51.3 Å². The summed E-state index contributed by atoms with van der Waals surface area (Å²) in [7, 11) is -11.4. The maximum absolute atomic E-state index is 11.8. The third-order valence-electron chi connectivity index (χ3n) is 3.76. The number of aromatic nitrogens is 4. The van der Waals surface area contributed by atoms with Gasteiger partial charge in [-0.2, -0.15) is 4.98 Å². The second-order valence-corrected chi connectivity index (χ2v) is 11.6. The second-order valence-electron chi connectivity index (χ2n) is 6.01.